The van der Waals surface area contributed by atoms with E-state index in [4.69, 9.17) is 9.47 Å². The summed E-state index contributed by atoms with van der Waals surface area (Å²) >= 11 is 1.46. The zero-order chi connectivity index (χ0) is 20.8. The zero-order valence-electron chi connectivity index (χ0n) is 17.8. The maximum absolute atomic E-state index is 12.9. The first-order valence-corrected chi connectivity index (χ1v) is 11.1. The molecule has 0 atom stereocenters. The molecular weight excluding hydrogens is 390 g/mol. The van der Waals surface area contributed by atoms with E-state index in [2.05, 4.69) is 31.2 Å². The molecule has 2 aromatic heterocycles. The predicted molar refractivity (Wildman–Crippen MR) is 113 cm³/mol. The molecule has 3 rings (SSSR count). The summed E-state index contributed by atoms with van der Waals surface area (Å²) in [5.74, 6) is 1.42. The summed E-state index contributed by atoms with van der Waals surface area (Å²) in [5, 5.41) is 9.53. The first-order chi connectivity index (χ1) is 14.0. The predicted octanol–water partition coefficient (Wildman–Crippen LogP) is 2.17. The highest BCUT2D eigenvalue weighted by molar-refractivity contribution is 7.99. The minimum Gasteiger partial charge on any atom is -0.383 e. The number of thioether (sulfide) groups is 1. The van der Waals surface area contributed by atoms with Crippen molar-refractivity contribution in [1.29, 1.82) is 0 Å². The summed E-state index contributed by atoms with van der Waals surface area (Å²) in [6.45, 7) is 12.4. The molecule has 3 heterocycles. The first kappa shape index (κ1) is 22.0. The molecule has 1 saturated heterocycles. The molecule has 29 heavy (non-hydrogen) atoms. The van der Waals surface area contributed by atoms with Crippen molar-refractivity contribution in [2.24, 2.45) is 0 Å². The van der Waals surface area contributed by atoms with Crippen molar-refractivity contribution >= 4 is 17.5 Å². The van der Waals surface area contributed by atoms with Crippen molar-refractivity contribution < 1.29 is 14.3 Å². The number of ether oxygens (including phenoxy) is 2. The van der Waals surface area contributed by atoms with E-state index in [1.807, 2.05) is 19.9 Å². The van der Waals surface area contributed by atoms with Gasteiger partial charge in [-0.05, 0) is 26.8 Å². The Balaban J connectivity index is 1.64. The van der Waals surface area contributed by atoms with Crippen LogP contribution >= 0.6 is 11.8 Å². The van der Waals surface area contributed by atoms with E-state index in [-0.39, 0.29) is 5.78 Å². The molecule has 0 spiro atoms. The Hall–Kier alpha value is -1.68. The molecule has 0 radical (unpaired) electrons. The number of hydrogen-bond donors (Lipinski definition) is 0. The Morgan fingerprint density at radius 2 is 2.00 bits per heavy atom. The lowest BCUT2D eigenvalue weighted by molar-refractivity contribution is 0.0325. The van der Waals surface area contributed by atoms with E-state index >= 15 is 0 Å². The van der Waals surface area contributed by atoms with Crippen LogP contribution in [-0.2, 0) is 29.1 Å². The topological polar surface area (TPSA) is 74.4 Å². The van der Waals surface area contributed by atoms with Crippen LogP contribution in [0.5, 0.6) is 0 Å². The SMILES string of the molecule is CCn1c(CN2CCOCC2)nnc1SCC(=O)c1cc(C)n(CCOC)c1C. The van der Waals surface area contributed by atoms with Crippen LogP contribution in [0.15, 0.2) is 11.2 Å². The van der Waals surface area contributed by atoms with Gasteiger partial charge in [0.05, 0.1) is 32.1 Å². The molecular formula is C20H31N5O3S. The van der Waals surface area contributed by atoms with Crippen LogP contribution in [0.1, 0.15) is 34.5 Å². The van der Waals surface area contributed by atoms with Gasteiger partial charge in [-0.3, -0.25) is 9.69 Å². The smallest absolute Gasteiger partial charge is 0.191 e. The van der Waals surface area contributed by atoms with Crippen molar-refractivity contribution in [2.45, 2.75) is 45.6 Å². The number of rotatable bonds is 10. The monoisotopic (exact) mass is 421 g/mol. The second kappa shape index (κ2) is 10.4. The fourth-order valence-corrected chi connectivity index (χ4v) is 4.54. The van der Waals surface area contributed by atoms with Crippen LogP contribution in [0.2, 0.25) is 0 Å². The number of ketones is 1. The molecule has 0 N–H and O–H groups in total. The van der Waals surface area contributed by atoms with Gasteiger partial charge in [-0.1, -0.05) is 11.8 Å². The molecule has 0 bridgehead atoms. The van der Waals surface area contributed by atoms with Gasteiger partial charge in [0, 0.05) is 50.2 Å². The van der Waals surface area contributed by atoms with Gasteiger partial charge in [-0.25, -0.2) is 0 Å². The van der Waals surface area contributed by atoms with Crippen LogP contribution in [0.25, 0.3) is 0 Å². The highest BCUT2D eigenvalue weighted by atomic mass is 32.2. The molecule has 0 aliphatic carbocycles. The second-order valence-electron chi connectivity index (χ2n) is 7.17. The largest absolute Gasteiger partial charge is 0.383 e. The minimum atomic E-state index is 0.118. The van der Waals surface area contributed by atoms with Gasteiger partial charge < -0.3 is 18.6 Å². The molecule has 2 aromatic rings. The Morgan fingerprint density at radius 3 is 2.69 bits per heavy atom. The third kappa shape index (κ3) is 5.28. The van der Waals surface area contributed by atoms with Crippen LogP contribution in [0, 0.1) is 13.8 Å². The fraction of sp³-hybridized carbons (Fsp3) is 0.650. The number of carbonyl (C=O) groups excluding carboxylic acids is 1. The molecule has 9 heteroatoms. The van der Waals surface area contributed by atoms with Crippen LogP contribution < -0.4 is 0 Å². The number of morpholine rings is 1. The number of nitrogens with zero attached hydrogens (tertiary/aromatic N) is 5. The maximum atomic E-state index is 12.9. The average molecular weight is 422 g/mol. The summed E-state index contributed by atoms with van der Waals surface area (Å²) in [7, 11) is 1.69. The van der Waals surface area contributed by atoms with Gasteiger partial charge in [-0.15, -0.1) is 10.2 Å². The van der Waals surface area contributed by atoms with Crippen molar-refractivity contribution in [2.75, 3.05) is 45.8 Å². The molecule has 0 saturated carbocycles. The van der Waals surface area contributed by atoms with Gasteiger partial charge >= 0.3 is 0 Å². The highest BCUT2D eigenvalue weighted by Gasteiger charge is 2.20. The normalized spacial score (nSPS) is 15.2. The van der Waals surface area contributed by atoms with E-state index in [1.165, 1.54) is 11.8 Å². The lowest BCUT2D eigenvalue weighted by Crippen LogP contribution is -2.36. The Morgan fingerprint density at radius 1 is 1.24 bits per heavy atom. The molecule has 1 aliphatic rings. The molecule has 0 aromatic carbocycles. The molecule has 1 aliphatic heterocycles. The van der Waals surface area contributed by atoms with E-state index in [0.29, 0.717) is 12.4 Å². The fourth-order valence-electron chi connectivity index (χ4n) is 3.64. The molecule has 1 fully saturated rings. The summed E-state index contributed by atoms with van der Waals surface area (Å²) < 4.78 is 14.8. The van der Waals surface area contributed by atoms with E-state index in [9.17, 15) is 4.79 Å². The Kier molecular flexibility index (Phi) is 7.88. The molecule has 0 amide bonds. The number of Topliss-reactive ketones (excluding diaryl/α,β-unsaturated/α-hetero) is 1. The number of carbonyl (C=O) groups is 1. The van der Waals surface area contributed by atoms with Gasteiger partial charge in [0.15, 0.2) is 10.9 Å². The van der Waals surface area contributed by atoms with E-state index < -0.39 is 0 Å². The number of aromatic nitrogens is 4. The highest BCUT2D eigenvalue weighted by Crippen LogP contribution is 2.22. The number of hydrogen-bond acceptors (Lipinski definition) is 7. The molecule has 160 valence electrons. The van der Waals surface area contributed by atoms with Crippen molar-refractivity contribution in [3.8, 4) is 0 Å². The summed E-state index contributed by atoms with van der Waals surface area (Å²) in [6.07, 6.45) is 0. The van der Waals surface area contributed by atoms with Crippen LogP contribution in [-0.4, -0.2) is 75.8 Å². The summed E-state index contributed by atoms with van der Waals surface area (Å²) in [4.78, 5) is 15.2. The summed E-state index contributed by atoms with van der Waals surface area (Å²) in [5.41, 5.74) is 2.86. The third-order valence-corrected chi connectivity index (χ3v) is 6.27. The van der Waals surface area contributed by atoms with Crippen molar-refractivity contribution in [1.82, 2.24) is 24.2 Å². The minimum absolute atomic E-state index is 0.118. The van der Waals surface area contributed by atoms with Crippen LogP contribution in [0.3, 0.4) is 0 Å². The standard InChI is InChI=1S/C20H31N5O3S/c1-5-24-19(13-23-6-10-28-11-7-23)21-22-20(24)29-14-18(26)17-12-15(2)25(16(17)3)8-9-27-4/h12H,5-11,13-14H2,1-4H3. The van der Waals surface area contributed by atoms with E-state index in [0.717, 1.165) is 73.9 Å². The third-order valence-electron chi connectivity index (χ3n) is 5.30. The van der Waals surface area contributed by atoms with Crippen molar-refractivity contribution in [3.63, 3.8) is 0 Å². The lowest BCUT2D eigenvalue weighted by Gasteiger charge is -2.26. The van der Waals surface area contributed by atoms with Gasteiger partial charge in [0.25, 0.3) is 0 Å². The van der Waals surface area contributed by atoms with Gasteiger partial charge in [-0.2, -0.15) is 0 Å². The Bertz CT molecular complexity index is 826. The lowest BCUT2D eigenvalue weighted by atomic mass is 10.2. The zero-order valence-corrected chi connectivity index (χ0v) is 18.6. The molecule has 0 unspecified atom stereocenters. The number of methoxy groups -OCH3 is 1. The first-order valence-electron chi connectivity index (χ1n) is 10.1. The van der Waals surface area contributed by atoms with Gasteiger partial charge in [0.1, 0.15) is 5.82 Å². The van der Waals surface area contributed by atoms with E-state index in [1.54, 1.807) is 7.11 Å². The maximum Gasteiger partial charge on any atom is 0.191 e. The Labute approximate surface area is 176 Å². The quantitative estimate of drug-likeness (QED) is 0.430. The number of aryl methyl sites for hydroxylation is 1. The average Bonchev–Trinajstić information content (AvgIpc) is 3.25. The summed E-state index contributed by atoms with van der Waals surface area (Å²) in [6, 6.07) is 1.97. The molecule has 8 nitrogen and oxygen atoms in total. The second-order valence-corrected chi connectivity index (χ2v) is 8.12. The van der Waals surface area contributed by atoms with Crippen LogP contribution in [0.4, 0.5) is 0 Å². The van der Waals surface area contributed by atoms with Gasteiger partial charge in [0.2, 0.25) is 0 Å². The van der Waals surface area contributed by atoms with Crippen molar-refractivity contribution in [3.05, 3.63) is 28.8 Å².